The summed E-state index contributed by atoms with van der Waals surface area (Å²) >= 11 is 0. The third-order valence-electron chi connectivity index (χ3n) is 1.75. The Morgan fingerprint density at radius 2 is 1.72 bits per heavy atom. The minimum Gasteiger partial charge on any atom is -0.480 e. The van der Waals surface area contributed by atoms with Crippen LogP contribution < -0.4 is 5.32 Å². The lowest BCUT2D eigenvalue weighted by atomic mass is 9.97. The van der Waals surface area contributed by atoms with Crippen molar-refractivity contribution in [1.29, 1.82) is 0 Å². The van der Waals surface area contributed by atoms with E-state index >= 15 is 0 Å². The predicted molar refractivity (Wildman–Crippen MR) is 58.1 cm³/mol. The quantitative estimate of drug-likeness (QED) is 0.816. The van der Waals surface area contributed by atoms with Crippen LogP contribution in [0, 0.1) is 5.41 Å². The smallest absolute Gasteiger partial charge is 0.406 e. The molecule has 0 aliphatic rings. The van der Waals surface area contributed by atoms with E-state index in [4.69, 9.17) is 5.11 Å². The average molecular weight is 270 g/mol. The number of halogens is 3. The van der Waals surface area contributed by atoms with E-state index in [1.54, 1.807) is 20.8 Å². The van der Waals surface area contributed by atoms with Crippen molar-refractivity contribution >= 4 is 12.0 Å². The lowest BCUT2D eigenvalue weighted by Crippen LogP contribution is -2.48. The van der Waals surface area contributed by atoms with E-state index in [0.717, 1.165) is 0 Å². The van der Waals surface area contributed by atoms with E-state index in [1.807, 2.05) is 0 Å². The van der Waals surface area contributed by atoms with Crippen LogP contribution in [0.2, 0.25) is 0 Å². The van der Waals surface area contributed by atoms with Gasteiger partial charge >= 0.3 is 18.2 Å². The van der Waals surface area contributed by atoms with Crippen LogP contribution in [0.15, 0.2) is 0 Å². The Labute approximate surface area is 103 Å². The fourth-order valence-electron chi connectivity index (χ4n) is 1.03. The summed E-state index contributed by atoms with van der Waals surface area (Å²) < 4.78 is 36.5. The summed E-state index contributed by atoms with van der Waals surface area (Å²) in [5.41, 5.74) is -0.303. The van der Waals surface area contributed by atoms with Gasteiger partial charge in [0.25, 0.3) is 0 Å². The van der Waals surface area contributed by atoms with Gasteiger partial charge < -0.3 is 15.3 Å². The maximum absolute atomic E-state index is 12.2. The van der Waals surface area contributed by atoms with Crippen LogP contribution in [0.3, 0.4) is 0 Å². The molecule has 0 radical (unpaired) electrons. The second-order valence-electron chi connectivity index (χ2n) is 5.08. The third kappa shape index (κ3) is 8.66. The summed E-state index contributed by atoms with van der Waals surface area (Å²) in [7, 11) is 0. The summed E-state index contributed by atoms with van der Waals surface area (Å²) in [4.78, 5) is 22.1. The van der Waals surface area contributed by atoms with Crippen molar-refractivity contribution in [3.63, 3.8) is 0 Å². The molecule has 0 saturated carbocycles. The number of urea groups is 1. The van der Waals surface area contributed by atoms with Gasteiger partial charge in [0.1, 0.15) is 13.1 Å². The maximum atomic E-state index is 12.2. The van der Waals surface area contributed by atoms with Crippen LogP contribution in [0.25, 0.3) is 0 Å². The van der Waals surface area contributed by atoms with Gasteiger partial charge in [0.2, 0.25) is 0 Å². The molecular weight excluding hydrogens is 253 g/mol. The highest BCUT2D eigenvalue weighted by molar-refractivity contribution is 5.80. The zero-order valence-corrected chi connectivity index (χ0v) is 10.5. The fourth-order valence-corrected chi connectivity index (χ4v) is 1.03. The van der Waals surface area contributed by atoms with Crippen molar-refractivity contribution in [2.24, 2.45) is 5.41 Å². The fraction of sp³-hybridized carbons (Fsp3) is 0.800. The van der Waals surface area contributed by atoms with Crippen molar-refractivity contribution in [2.75, 3.05) is 19.6 Å². The van der Waals surface area contributed by atoms with Gasteiger partial charge in [-0.05, 0) is 5.41 Å². The molecule has 106 valence electrons. The lowest BCUT2D eigenvalue weighted by molar-refractivity contribution is -0.148. The molecule has 2 N–H and O–H groups in total. The second-order valence-corrected chi connectivity index (χ2v) is 5.08. The van der Waals surface area contributed by atoms with E-state index in [1.165, 1.54) is 0 Å². The van der Waals surface area contributed by atoms with Gasteiger partial charge in [-0.15, -0.1) is 0 Å². The molecular formula is C10H17F3N2O3. The van der Waals surface area contributed by atoms with Crippen molar-refractivity contribution in [1.82, 2.24) is 10.2 Å². The Morgan fingerprint density at radius 3 is 2.06 bits per heavy atom. The Kier molecular flexibility index (Phi) is 5.44. The first-order valence-electron chi connectivity index (χ1n) is 5.22. The molecule has 0 fully saturated rings. The molecule has 2 amide bonds. The summed E-state index contributed by atoms with van der Waals surface area (Å²) in [5, 5.41) is 10.7. The molecule has 0 atom stereocenters. The highest BCUT2D eigenvalue weighted by atomic mass is 19.4. The Balaban J connectivity index is 4.55. The van der Waals surface area contributed by atoms with Crippen molar-refractivity contribution in [3.8, 4) is 0 Å². The van der Waals surface area contributed by atoms with E-state index in [-0.39, 0.29) is 16.9 Å². The number of rotatable bonds is 4. The van der Waals surface area contributed by atoms with E-state index in [9.17, 15) is 22.8 Å². The van der Waals surface area contributed by atoms with Crippen LogP contribution in [0.4, 0.5) is 18.0 Å². The first kappa shape index (κ1) is 16.5. The molecule has 0 aliphatic carbocycles. The van der Waals surface area contributed by atoms with Crippen molar-refractivity contribution in [2.45, 2.75) is 26.9 Å². The number of nitrogens with zero attached hydrogens (tertiary/aromatic N) is 1. The van der Waals surface area contributed by atoms with Gasteiger partial charge in [-0.3, -0.25) is 4.79 Å². The zero-order valence-electron chi connectivity index (χ0n) is 10.5. The maximum Gasteiger partial charge on any atom is 0.406 e. The van der Waals surface area contributed by atoms with Gasteiger partial charge in [0.15, 0.2) is 0 Å². The van der Waals surface area contributed by atoms with Gasteiger partial charge in [0, 0.05) is 6.54 Å². The van der Waals surface area contributed by atoms with Crippen LogP contribution in [0.1, 0.15) is 20.8 Å². The molecule has 0 unspecified atom stereocenters. The van der Waals surface area contributed by atoms with E-state index in [0.29, 0.717) is 0 Å². The Morgan fingerprint density at radius 1 is 1.22 bits per heavy atom. The highest BCUT2D eigenvalue weighted by Crippen LogP contribution is 2.17. The number of hydrogen-bond donors (Lipinski definition) is 2. The van der Waals surface area contributed by atoms with Gasteiger partial charge in [-0.2, -0.15) is 13.2 Å². The molecule has 18 heavy (non-hydrogen) atoms. The van der Waals surface area contributed by atoms with Gasteiger partial charge in [-0.1, -0.05) is 20.8 Å². The molecule has 0 saturated heterocycles. The van der Waals surface area contributed by atoms with Crippen LogP contribution in [-0.4, -0.2) is 47.8 Å². The number of carboxylic acid groups (broad SMARTS) is 1. The number of carboxylic acids is 1. The van der Waals surface area contributed by atoms with Crippen molar-refractivity contribution in [3.05, 3.63) is 0 Å². The third-order valence-corrected chi connectivity index (χ3v) is 1.75. The van der Waals surface area contributed by atoms with E-state index < -0.39 is 31.3 Å². The molecule has 0 aromatic heterocycles. The Hall–Kier alpha value is -1.47. The second kappa shape index (κ2) is 5.92. The SMILES string of the molecule is CC(C)(C)CNC(=O)N(CC(=O)O)CC(F)(F)F. The zero-order chi connectivity index (χ0) is 14.6. The number of aliphatic carboxylic acids is 1. The molecule has 0 spiro atoms. The Bertz CT molecular complexity index is 310. The highest BCUT2D eigenvalue weighted by Gasteiger charge is 2.34. The molecule has 0 bridgehead atoms. The minimum atomic E-state index is -4.63. The molecule has 8 heteroatoms. The molecule has 0 heterocycles. The summed E-state index contributed by atoms with van der Waals surface area (Å²) in [6, 6.07) is -1.04. The standard InChI is InChI=1S/C10H17F3N2O3/c1-9(2,3)5-14-8(18)15(4-7(16)17)6-10(11,12)13/h4-6H2,1-3H3,(H,14,18)(H,16,17). The minimum absolute atomic E-state index is 0.153. The summed E-state index contributed by atoms with van der Waals surface area (Å²) in [5.74, 6) is -1.50. The molecule has 0 aliphatic heterocycles. The number of carbonyl (C=O) groups excluding carboxylic acids is 1. The molecule has 0 aromatic carbocycles. The van der Waals surface area contributed by atoms with Crippen LogP contribution in [-0.2, 0) is 4.79 Å². The average Bonchev–Trinajstić information content (AvgIpc) is 2.08. The number of hydrogen-bond acceptors (Lipinski definition) is 2. The molecule has 0 rings (SSSR count). The normalized spacial score (nSPS) is 12.1. The number of alkyl halides is 3. The van der Waals surface area contributed by atoms with Gasteiger partial charge in [-0.25, -0.2) is 4.79 Å². The summed E-state index contributed by atoms with van der Waals surface area (Å²) in [6.07, 6.45) is -4.63. The number of carbonyl (C=O) groups is 2. The summed E-state index contributed by atoms with van der Waals surface area (Å²) in [6.45, 7) is 2.94. The topological polar surface area (TPSA) is 69.6 Å². The number of amides is 2. The monoisotopic (exact) mass is 270 g/mol. The lowest BCUT2D eigenvalue weighted by Gasteiger charge is -2.25. The van der Waals surface area contributed by atoms with Gasteiger partial charge in [0.05, 0.1) is 0 Å². The van der Waals surface area contributed by atoms with Crippen molar-refractivity contribution < 1.29 is 27.9 Å². The van der Waals surface area contributed by atoms with E-state index in [2.05, 4.69) is 5.32 Å². The first-order valence-corrected chi connectivity index (χ1v) is 5.22. The largest absolute Gasteiger partial charge is 0.480 e. The first-order chi connectivity index (χ1) is 7.91. The number of nitrogens with one attached hydrogen (secondary N) is 1. The molecule has 0 aromatic rings. The van der Waals surface area contributed by atoms with Crippen LogP contribution >= 0.6 is 0 Å². The molecule has 5 nitrogen and oxygen atoms in total. The van der Waals surface area contributed by atoms with Crippen LogP contribution in [0.5, 0.6) is 0 Å². The predicted octanol–water partition coefficient (Wildman–Crippen LogP) is 1.69.